The molecular weight excluding hydrogens is 366 g/mol. The number of aryl methyl sites for hydroxylation is 1. The van der Waals surface area contributed by atoms with Crippen LogP contribution in [0.5, 0.6) is 0 Å². The summed E-state index contributed by atoms with van der Waals surface area (Å²) < 4.78 is 0. The van der Waals surface area contributed by atoms with Crippen LogP contribution in [0.25, 0.3) is 0 Å². The van der Waals surface area contributed by atoms with Crippen molar-refractivity contribution in [2.75, 3.05) is 26.2 Å². The quantitative estimate of drug-likeness (QED) is 0.792. The molecule has 3 aliphatic rings. The zero-order valence-electron chi connectivity index (χ0n) is 17.5. The first-order chi connectivity index (χ1) is 14.2. The minimum Gasteiger partial charge on any atom is -0.353 e. The Kier molecular flexibility index (Phi) is 6.43. The number of hydrogen-bond acceptors (Lipinski definition) is 5. The summed E-state index contributed by atoms with van der Waals surface area (Å²) in [6, 6.07) is 0.907. The van der Waals surface area contributed by atoms with Crippen LogP contribution in [0, 0.1) is 5.92 Å². The van der Waals surface area contributed by atoms with Crippen LogP contribution in [0.1, 0.15) is 67.9 Å². The van der Waals surface area contributed by atoms with Crippen molar-refractivity contribution in [2.45, 2.75) is 70.4 Å². The molecule has 1 aliphatic carbocycles. The third-order valence-electron chi connectivity index (χ3n) is 6.53. The fourth-order valence-electron chi connectivity index (χ4n) is 4.67. The van der Waals surface area contributed by atoms with Crippen LogP contribution >= 0.6 is 0 Å². The highest BCUT2D eigenvalue weighted by Crippen LogP contribution is 2.26. The molecule has 2 saturated heterocycles. The Labute approximate surface area is 173 Å². The molecule has 0 aromatic carbocycles. The maximum atomic E-state index is 13.0. The molecule has 0 radical (unpaired) electrons. The Morgan fingerprint density at radius 1 is 1.14 bits per heavy atom. The number of carbonyl (C=O) groups excluding carboxylic acids is 2. The monoisotopic (exact) mass is 399 g/mol. The van der Waals surface area contributed by atoms with Crippen molar-refractivity contribution < 1.29 is 9.59 Å². The smallest absolute Gasteiger partial charge is 0.257 e. The van der Waals surface area contributed by atoms with Gasteiger partial charge in [0.2, 0.25) is 5.91 Å². The molecule has 3 heterocycles. The van der Waals surface area contributed by atoms with Gasteiger partial charge in [-0.2, -0.15) is 0 Å². The van der Waals surface area contributed by atoms with Crippen LogP contribution in [-0.2, 0) is 11.2 Å². The van der Waals surface area contributed by atoms with Crippen molar-refractivity contribution in [1.29, 1.82) is 0 Å². The molecule has 1 N–H and O–H groups in total. The van der Waals surface area contributed by atoms with E-state index in [4.69, 9.17) is 0 Å². The summed E-state index contributed by atoms with van der Waals surface area (Å²) in [5.74, 6) is 0.437. The largest absolute Gasteiger partial charge is 0.353 e. The molecule has 1 unspecified atom stereocenters. The van der Waals surface area contributed by atoms with Gasteiger partial charge >= 0.3 is 0 Å². The molecule has 0 bridgehead atoms. The lowest BCUT2D eigenvalue weighted by Gasteiger charge is -2.42. The summed E-state index contributed by atoms with van der Waals surface area (Å²) in [5.41, 5.74) is 1.51. The van der Waals surface area contributed by atoms with E-state index in [0.29, 0.717) is 17.6 Å². The summed E-state index contributed by atoms with van der Waals surface area (Å²) in [6.07, 6.45) is 11.3. The number of carbonyl (C=O) groups is 2. The molecule has 4 rings (SSSR count). The summed E-state index contributed by atoms with van der Waals surface area (Å²) in [6.45, 7) is 5.56. The molecule has 1 atom stereocenters. The zero-order chi connectivity index (χ0) is 20.2. The number of nitrogens with zero attached hydrogens (tertiary/aromatic N) is 4. The number of hydrogen-bond donors (Lipinski definition) is 1. The fraction of sp³-hybridized carbons (Fsp3) is 0.727. The van der Waals surface area contributed by atoms with Crippen molar-refractivity contribution in [3.8, 4) is 0 Å². The average Bonchev–Trinajstić information content (AvgIpc) is 3.58. The molecule has 7 nitrogen and oxygen atoms in total. The Morgan fingerprint density at radius 3 is 2.66 bits per heavy atom. The van der Waals surface area contributed by atoms with Gasteiger partial charge in [-0.05, 0) is 51.5 Å². The normalized spacial score (nSPS) is 23.8. The molecule has 7 heteroatoms. The fourth-order valence-corrected chi connectivity index (χ4v) is 4.67. The van der Waals surface area contributed by atoms with Crippen LogP contribution in [0.3, 0.4) is 0 Å². The van der Waals surface area contributed by atoms with Crippen molar-refractivity contribution in [3.05, 3.63) is 23.8 Å². The van der Waals surface area contributed by atoms with E-state index in [2.05, 4.69) is 27.1 Å². The van der Waals surface area contributed by atoms with Gasteiger partial charge < -0.3 is 10.2 Å². The van der Waals surface area contributed by atoms with E-state index < -0.39 is 0 Å². The third-order valence-corrected chi connectivity index (χ3v) is 6.53. The Morgan fingerprint density at radius 2 is 1.93 bits per heavy atom. The SMILES string of the molecule is CCCc1ncncc1C(=O)N1CCC(N2CCCC(C(=O)NC3CC3)C2)CC1. The first-order valence-corrected chi connectivity index (χ1v) is 11.3. The predicted octanol–water partition coefficient (Wildman–Crippen LogP) is 2.02. The topological polar surface area (TPSA) is 78.4 Å². The highest BCUT2D eigenvalue weighted by atomic mass is 16.2. The molecular formula is C22H33N5O2. The molecule has 3 fully saturated rings. The van der Waals surface area contributed by atoms with Gasteiger partial charge in [-0.15, -0.1) is 0 Å². The molecule has 158 valence electrons. The number of likely N-dealkylation sites (tertiary alicyclic amines) is 2. The minimum absolute atomic E-state index is 0.0628. The van der Waals surface area contributed by atoms with Gasteiger partial charge in [0.1, 0.15) is 6.33 Å². The van der Waals surface area contributed by atoms with E-state index in [9.17, 15) is 9.59 Å². The van der Waals surface area contributed by atoms with Gasteiger partial charge in [0.05, 0.1) is 17.2 Å². The minimum atomic E-state index is 0.0628. The molecule has 1 aromatic rings. The van der Waals surface area contributed by atoms with Crippen molar-refractivity contribution in [2.24, 2.45) is 5.92 Å². The van der Waals surface area contributed by atoms with Crippen molar-refractivity contribution >= 4 is 11.8 Å². The Balaban J connectivity index is 1.31. The first kappa shape index (κ1) is 20.3. The average molecular weight is 400 g/mol. The van der Waals surface area contributed by atoms with Gasteiger partial charge in [-0.3, -0.25) is 14.5 Å². The maximum absolute atomic E-state index is 13.0. The highest BCUT2D eigenvalue weighted by Gasteiger charge is 2.34. The summed E-state index contributed by atoms with van der Waals surface area (Å²) in [7, 11) is 0. The van der Waals surface area contributed by atoms with E-state index in [1.54, 1.807) is 6.20 Å². The van der Waals surface area contributed by atoms with Crippen molar-refractivity contribution in [1.82, 2.24) is 25.1 Å². The van der Waals surface area contributed by atoms with Gasteiger partial charge in [0.15, 0.2) is 0 Å². The molecule has 2 amide bonds. The van der Waals surface area contributed by atoms with E-state index in [1.165, 1.54) is 6.33 Å². The molecule has 2 aliphatic heterocycles. The van der Waals surface area contributed by atoms with Crippen LogP contribution in [0.15, 0.2) is 12.5 Å². The van der Waals surface area contributed by atoms with Gasteiger partial charge in [-0.1, -0.05) is 13.3 Å². The lowest BCUT2D eigenvalue weighted by Crippen LogP contribution is -2.51. The second kappa shape index (κ2) is 9.20. The van der Waals surface area contributed by atoms with Gasteiger partial charge in [0.25, 0.3) is 5.91 Å². The Hall–Kier alpha value is -2.02. The van der Waals surface area contributed by atoms with E-state index >= 15 is 0 Å². The van der Waals surface area contributed by atoms with Crippen LogP contribution < -0.4 is 5.32 Å². The second-order valence-corrected chi connectivity index (χ2v) is 8.77. The Bertz CT molecular complexity index is 728. The second-order valence-electron chi connectivity index (χ2n) is 8.77. The van der Waals surface area contributed by atoms with Crippen LogP contribution in [0.4, 0.5) is 0 Å². The summed E-state index contributed by atoms with van der Waals surface area (Å²) in [4.78, 5) is 38.3. The van der Waals surface area contributed by atoms with E-state index in [0.717, 1.165) is 83.2 Å². The molecule has 1 aromatic heterocycles. The predicted molar refractivity (Wildman–Crippen MR) is 110 cm³/mol. The van der Waals surface area contributed by atoms with Crippen LogP contribution in [0.2, 0.25) is 0 Å². The van der Waals surface area contributed by atoms with E-state index in [1.807, 2.05) is 4.90 Å². The lowest BCUT2D eigenvalue weighted by atomic mass is 9.93. The first-order valence-electron chi connectivity index (χ1n) is 11.3. The number of amides is 2. The third kappa shape index (κ3) is 4.94. The number of nitrogens with one attached hydrogen (secondary N) is 1. The molecule has 29 heavy (non-hydrogen) atoms. The summed E-state index contributed by atoms with van der Waals surface area (Å²) in [5, 5.41) is 3.17. The van der Waals surface area contributed by atoms with Gasteiger partial charge in [0, 0.05) is 37.9 Å². The standard InChI is InChI=1S/C22H33N5O2/c1-2-4-20-19(13-23-15-24-20)22(29)26-11-8-18(9-12-26)27-10-3-5-16(14-27)21(28)25-17-6-7-17/h13,15-18H,2-12,14H2,1H3,(H,25,28). The summed E-state index contributed by atoms with van der Waals surface area (Å²) >= 11 is 0. The maximum Gasteiger partial charge on any atom is 0.257 e. The zero-order valence-corrected chi connectivity index (χ0v) is 17.5. The highest BCUT2D eigenvalue weighted by molar-refractivity contribution is 5.95. The van der Waals surface area contributed by atoms with Crippen LogP contribution in [-0.4, -0.2) is 69.8 Å². The van der Waals surface area contributed by atoms with Gasteiger partial charge in [-0.25, -0.2) is 9.97 Å². The number of aromatic nitrogens is 2. The van der Waals surface area contributed by atoms with E-state index in [-0.39, 0.29) is 17.7 Å². The number of rotatable bonds is 6. The van der Waals surface area contributed by atoms with Crippen molar-refractivity contribution in [3.63, 3.8) is 0 Å². The molecule has 1 saturated carbocycles. The number of piperidine rings is 2. The lowest BCUT2D eigenvalue weighted by molar-refractivity contribution is -0.127. The molecule has 0 spiro atoms.